The zero-order valence-electron chi connectivity index (χ0n) is 14.9. The Morgan fingerprint density at radius 3 is 2.88 bits per heavy atom. The summed E-state index contributed by atoms with van der Waals surface area (Å²) in [5, 5.41) is 7.34. The van der Waals surface area contributed by atoms with Gasteiger partial charge < -0.3 is 10.2 Å². The molecule has 1 atom stereocenters. The molecule has 25 heavy (non-hydrogen) atoms. The summed E-state index contributed by atoms with van der Waals surface area (Å²) >= 11 is 0. The standard InChI is InChI=1S/C19H27N5O/c1-16-4-2-3-12-23(16)13-9-19(25)21-18-8-15-24(22-18)14-7-17-5-10-20-11-6-17/h5-6,8,10-11,15-16H,2-4,7,9,12-14H2,1H3,(H,21,22,25)/t16-/m0/s1. The van der Waals surface area contributed by atoms with Crippen molar-refractivity contribution < 1.29 is 4.79 Å². The number of nitrogens with zero attached hydrogens (tertiary/aromatic N) is 4. The molecular weight excluding hydrogens is 314 g/mol. The molecule has 2 aromatic heterocycles. The lowest BCUT2D eigenvalue weighted by atomic mass is 10.0. The van der Waals surface area contributed by atoms with Crippen LogP contribution in [0.15, 0.2) is 36.8 Å². The van der Waals surface area contributed by atoms with Gasteiger partial charge in [0.1, 0.15) is 0 Å². The highest BCUT2D eigenvalue weighted by Crippen LogP contribution is 2.16. The maximum absolute atomic E-state index is 12.2. The van der Waals surface area contributed by atoms with Crippen molar-refractivity contribution in [2.24, 2.45) is 0 Å². The number of anilines is 1. The van der Waals surface area contributed by atoms with Gasteiger partial charge in [0.05, 0.1) is 0 Å². The van der Waals surface area contributed by atoms with Crippen LogP contribution in [0.3, 0.4) is 0 Å². The van der Waals surface area contributed by atoms with Crippen LogP contribution in [0.25, 0.3) is 0 Å². The lowest BCUT2D eigenvalue weighted by Crippen LogP contribution is -2.39. The van der Waals surface area contributed by atoms with Crippen LogP contribution >= 0.6 is 0 Å². The van der Waals surface area contributed by atoms with E-state index in [-0.39, 0.29) is 5.91 Å². The zero-order valence-corrected chi connectivity index (χ0v) is 14.9. The van der Waals surface area contributed by atoms with Crippen LogP contribution in [-0.2, 0) is 17.8 Å². The van der Waals surface area contributed by atoms with Crippen molar-refractivity contribution in [1.82, 2.24) is 19.7 Å². The van der Waals surface area contributed by atoms with Crippen molar-refractivity contribution in [3.8, 4) is 0 Å². The molecule has 1 aliphatic rings. The minimum atomic E-state index is 0.0390. The Labute approximate surface area is 149 Å². The largest absolute Gasteiger partial charge is 0.309 e. The number of piperidine rings is 1. The molecule has 1 N–H and O–H groups in total. The first-order chi connectivity index (χ1) is 12.2. The molecule has 6 heteroatoms. The predicted octanol–water partition coefficient (Wildman–Crippen LogP) is 2.72. The molecule has 6 nitrogen and oxygen atoms in total. The number of hydrogen-bond acceptors (Lipinski definition) is 4. The fraction of sp³-hybridized carbons (Fsp3) is 0.526. The number of hydrogen-bond donors (Lipinski definition) is 1. The molecule has 134 valence electrons. The van der Waals surface area contributed by atoms with Gasteiger partial charge in [0, 0.05) is 50.2 Å². The third-order valence-electron chi connectivity index (χ3n) is 4.85. The molecule has 0 radical (unpaired) electrons. The second-order valence-corrected chi connectivity index (χ2v) is 6.75. The molecule has 2 aromatic rings. The fourth-order valence-electron chi connectivity index (χ4n) is 3.29. The number of likely N-dealkylation sites (tertiary alicyclic amines) is 1. The van der Waals surface area contributed by atoms with E-state index in [9.17, 15) is 4.79 Å². The number of pyridine rings is 1. The summed E-state index contributed by atoms with van der Waals surface area (Å²) in [6, 6.07) is 6.46. The second-order valence-electron chi connectivity index (χ2n) is 6.75. The van der Waals surface area contributed by atoms with Crippen LogP contribution < -0.4 is 5.32 Å². The van der Waals surface area contributed by atoms with Crippen molar-refractivity contribution >= 4 is 11.7 Å². The molecule has 3 heterocycles. The molecule has 1 amide bonds. The number of amides is 1. The Balaban J connectivity index is 1.42. The first kappa shape index (κ1) is 17.6. The minimum absolute atomic E-state index is 0.0390. The third kappa shape index (κ3) is 5.39. The van der Waals surface area contributed by atoms with E-state index in [2.05, 4.69) is 27.2 Å². The zero-order chi connectivity index (χ0) is 17.5. The summed E-state index contributed by atoms with van der Waals surface area (Å²) in [4.78, 5) is 18.6. The number of carbonyl (C=O) groups is 1. The monoisotopic (exact) mass is 341 g/mol. The van der Waals surface area contributed by atoms with Gasteiger partial charge in [-0.25, -0.2) is 0 Å². The van der Waals surface area contributed by atoms with Crippen LogP contribution in [0.5, 0.6) is 0 Å². The summed E-state index contributed by atoms with van der Waals surface area (Å²) in [6.45, 7) is 4.97. The van der Waals surface area contributed by atoms with Crippen molar-refractivity contribution in [1.29, 1.82) is 0 Å². The molecule has 0 aliphatic carbocycles. The van der Waals surface area contributed by atoms with Gasteiger partial charge >= 0.3 is 0 Å². The number of aryl methyl sites for hydroxylation is 2. The first-order valence-corrected chi connectivity index (χ1v) is 9.17. The highest BCUT2D eigenvalue weighted by molar-refractivity contribution is 5.89. The highest BCUT2D eigenvalue weighted by Gasteiger charge is 2.18. The van der Waals surface area contributed by atoms with Crippen LogP contribution in [0, 0.1) is 0 Å². The van der Waals surface area contributed by atoms with E-state index in [0.29, 0.717) is 18.3 Å². The summed E-state index contributed by atoms with van der Waals surface area (Å²) < 4.78 is 1.86. The average Bonchev–Trinajstić information content (AvgIpc) is 3.07. The van der Waals surface area contributed by atoms with E-state index in [1.165, 1.54) is 24.8 Å². The van der Waals surface area contributed by atoms with E-state index in [1.54, 1.807) is 12.4 Å². The van der Waals surface area contributed by atoms with Crippen molar-refractivity contribution in [2.75, 3.05) is 18.4 Å². The summed E-state index contributed by atoms with van der Waals surface area (Å²) in [7, 11) is 0. The molecule has 0 unspecified atom stereocenters. The molecule has 0 aromatic carbocycles. The first-order valence-electron chi connectivity index (χ1n) is 9.17. The molecule has 0 spiro atoms. The molecular formula is C19H27N5O. The third-order valence-corrected chi connectivity index (χ3v) is 4.85. The molecule has 1 fully saturated rings. The summed E-state index contributed by atoms with van der Waals surface area (Å²) in [6.07, 6.45) is 10.7. The van der Waals surface area contributed by atoms with E-state index in [4.69, 9.17) is 0 Å². The maximum atomic E-state index is 12.2. The maximum Gasteiger partial charge on any atom is 0.226 e. The second kappa shape index (κ2) is 8.76. The van der Waals surface area contributed by atoms with Gasteiger partial charge in [-0.2, -0.15) is 5.10 Å². The molecule has 0 bridgehead atoms. The van der Waals surface area contributed by atoms with Gasteiger partial charge in [-0.05, 0) is 50.4 Å². The van der Waals surface area contributed by atoms with Crippen LogP contribution in [0.1, 0.15) is 38.2 Å². The van der Waals surface area contributed by atoms with E-state index in [0.717, 1.165) is 26.1 Å². The SMILES string of the molecule is C[C@H]1CCCCN1CCC(=O)Nc1ccn(CCc2ccncc2)n1. The number of aromatic nitrogens is 3. The van der Waals surface area contributed by atoms with E-state index in [1.807, 2.05) is 29.1 Å². The van der Waals surface area contributed by atoms with Gasteiger partial charge in [0.25, 0.3) is 0 Å². The quantitative estimate of drug-likeness (QED) is 0.841. The minimum Gasteiger partial charge on any atom is -0.309 e. The number of carbonyl (C=O) groups excluding carboxylic acids is 1. The average molecular weight is 341 g/mol. The lowest BCUT2D eigenvalue weighted by molar-refractivity contribution is -0.116. The summed E-state index contributed by atoms with van der Waals surface area (Å²) in [5.41, 5.74) is 1.23. The predicted molar refractivity (Wildman–Crippen MR) is 98.3 cm³/mol. The Morgan fingerprint density at radius 1 is 1.24 bits per heavy atom. The Kier molecular flexibility index (Phi) is 6.17. The van der Waals surface area contributed by atoms with Gasteiger partial charge in [0.15, 0.2) is 5.82 Å². The number of nitrogens with one attached hydrogen (secondary N) is 1. The summed E-state index contributed by atoms with van der Waals surface area (Å²) in [5.74, 6) is 0.670. The van der Waals surface area contributed by atoms with E-state index < -0.39 is 0 Å². The smallest absolute Gasteiger partial charge is 0.226 e. The Morgan fingerprint density at radius 2 is 2.08 bits per heavy atom. The van der Waals surface area contributed by atoms with Gasteiger partial charge in [-0.15, -0.1) is 0 Å². The van der Waals surface area contributed by atoms with Crippen LogP contribution in [0.4, 0.5) is 5.82 Å². The van der Waals surface area contributed by atoms with Crippen LogP contribution in [0.2, 0.25) is 0 Å². The van der Waals surface area contributed by atoms with Crippen molar-refractivity contribution in [3.05, 3.63) is 42.4 Å². The topological polar surface area (TPSA) is 63.1 Å². The van der Waals surface area contributed by atoms with Gasteiger partial charge in [-0.1, -0.05) is 6.42 Å². The molecule has 0 saturated carbocycles. The van der Waals surface area contributed by atoms with Crippen molar-refractivity contribution in [2.45, 2.75) is 51.6 Å². The highest BCUT2D eigenvalue weighted by atomic mass is 16.1. The normalized spacial score (nSPS) is 18.2. The van der Waals surface area contributed by atoms with Gasteiger partial charge in [0.2, 0.25) is 5.91 Å². The van der Waals surface area contributed by atoms with Gasteiger partial charge in [-0.3, -0.25) is 14.5 Å². The molecule has 1 saturated heterocycles. The Hall–Kier alpha value is -2.21. The molecule has 3 rings (SSSR count). The number of rotatable bonds is 7. The van der Waals surface area contributed by atoms with Crippen molar-refractivity contribution in [3.63, 3.8) is 0 Å². The lowest BCUT2D eigenvalue weighted by Gasteiger charge is -2.32. The van der Waals surface area contributed by atoms with E-state index >= 15 is 0 Å². The fourth-order valence-corrected chi connectivity index (χ4v) is 3.29. The Bertz CT molecular complexity index is 669. The molecule has 1 aliphatic heterocycles. The van der Waals surface area contributed by atoms with Crippen LogP contribution in [-0.4, -0.2) is 44.7 Å².